The zero-order valence-corrected chi connectivity index (χ0v) is 23.9. The number of hydrogen-bond acceptors (Lipinski definition) is 5. The monoisotopic (exact) mass is 606 g/mol. The number of nitrogens with zero attached hydrogens (tertiary/aromatic N) is 2. The van der Waals surface area contributed by atoms with E-state index in [2.05, 4.69) is 10.5 Å². The van der Waals surface area contributed by atoms with Gasteiger partial charge in [-0.05, 0) is 42.3 Å². The van der Waals surface area contributed by atoms with Crippen LogP contribution in [0.4, 0.5) is 5.69 Å². The first kappa shape index (κ1) is 30.5. The van der Waals surface area contributed by atoms with E-state index in [1.807, 2.05) is 49.4 Å². The van der Waals surface area contributed by atoms with Gasteiger partial charge in [-0.1, -0.05) is 100 Å². The van der Waals surface area contributed by atoms with E-state index >= 15 is 0 Å². The summed E-state index contributed by atoms with van der Waals surface area (Å²) in [6.45, 7) is 2.21. The highest BCUT2D eigenvalue weighted by Crippen LogP contribution is 2.26. The molecule has 204 valence electrons. The lowest BCUT2D eigenvalue weighted by Crippen LogP contribution is -2.43. The highest BCUT2D eigenvalue weighted by atomic mass is 35.5. The van der Waals surface area contributed by atoms with Crippen LogP contribution >= 0.6 is 46.4 Å². The average molecular weight is 608 g/mol. The molecule has 0 saturated heterocycles. The average Bonchev–Trinajstić information content (AvgIpc) is 3.49. The van der Waals surface area contributed by atoms with E-state index in [0.29, 0.717) is 17.0 Å². The van der Waals surface area contributed by atoms with E-state index in [9.17, 15) is 9.59 Å². The summed E-state index contributed by atoms with van der Waals surface area (Å²) in [4.78, 5) is 25.1. The molecular weight excluding hydrogens is 582 g/mol. The molecule has 4 aromatic rings. The number of nitrogens with two attached hydrogens (primary N) is 1. The number of carbonyl (C=O) groups excluding carboxylic acids is 2. The van der Waals surface area contributed by atoms with E-state index in [1.165, 1.54) is 11.1 Å². The number of hydrogen-bond donors (Lipinski definition) is 2. The Hall–Kier alpha value is -3.07. The Morgan fingerprint density at radius 2 is 1.64 bits per heavy atom. The van der Waals surface area contributed by atoms with Crippen LogP contribution in [0, 0.1) is 6.92 Å². The van der Waals surface area contributed by atoms with E-state index in [4.69, 9.17) is 56.7 Å². The van der Waals surface area contributed by atoms with Gasteiger partial charge in [-0.2, -0.15) is 0 Å². The summed E-state index contributed by atoms with van der Waals surface area (Å²) in [5.41, 5.74) is 8.93. The Morgan fingerprint density at radius 3 is 2.23 bits per heavy atom. The zero-order chi connectivity index (χ0) is 28.4. The van der Waals surface area contributed by atoms with Gasteiger partial charge in [0.1, 0.15) is 6.04 Å². The molecule has 1 heterocycles. The Bertz CT molecular complexity index is 1350. The fourth-order valence-electron chi connectivity index (χ4n) is 3.47. The lowest BCUT2D eigenvalue weighted by atomic mass is 10.1. The van der Waals surface area contributed by atoms with Gasteiger partial charge in [-0.15, -0.1) is 0 Å². The summed E-state index contributed by atoms with van der Waals surface area (Å²) in [6, 6.07) is 22.5. The summed E-state index contributed by atoms with van der Waals surface area (Å²) in [5.74, 6) is -0.299. The molecular formula is C28H26Cl4N4O3. The van der Waals surface area contributed by atoms with Crippen molar-refractivity contribution in [2.24, 2.45) is 5.73 Å². The number of anilines is 1. The van der Waals surface area contributed by atoms with Crippen molar-refractivity contribution >= 4 is 63.9 Å². The molecule has 3 N–H and O–H groups in total. The topological polar surface area (TPSA) is 101 Å². The second-order valence-electron chi connectivity index (χ2n) is 8.24. The number of carbonyl (C=O) groups is 2. The molecule has 0 aliphatic heterocycles. The summed E-state index contributed by atoms with van der Waals surface area (Å²) in [6.07, 6.45) is 1.53. The molecule has 1 atom stereocenters. The second-order valence-corrected chi connectivity index (χ2v) is 10.2. The van der Waals surface area contributed by atoms with Crippen LogP contribution in [0.1, 0.15) is 17.2 Å². The predicted molar refractivity (Wildman–Crippen MR) is 157 cm³/mol. The molecule has 1 aromatic heterocycles. The third-order valence-corrected chi connectivity index (χ3v) is 6.80. The molecule has 0 saturated carbocycles. The highest BCUT2D eigenvalue weighted by Gasteiger charge is 2.23. The van der Waals surface area contributed by atoms with Crippen molar-refractivity contribution in [3.05, 3.63) is 106 Å². The number of rotatable bonds is 8. The van der Waals surface area contributed by atoms with Crippen LogP contribution in [-0.4, -0.2) is 34.9 Å². The van der Waals surface area contributed by atoms with Crippen molar-refractivity contribution in [2.45, 2.75) is 17.8 Å². The van der Waals surface area contributed by atoms with Crippen molar-refractivity contribution in [3.8, 4) is 11.3 Å². The van der Waals surface area contributed by atoms with E-state index in [0.717, 1.165) is 21.2 Å². The van der Waals surface area contributed by atoms with Gasteiger partial charge in [0.2, 0.25) is 5.91 Å². The molecule has 0 unspecified atom stereocenters. The van der Waals surface area contributed by atoms with Crippen LogP contribution in [0.3, 0.4) is 0 Å². The van der Waals surface area contributed by atoms with Gasteiger partial charge in [0.15, 0.2) is 10.6 Å². The van der Waals surface area contributed by atoms with Crippen LogP contribution in [0.25, 0.3) is 11.3 Å². The molecule has 0 spiro atoms. The molecule has 2 amide bonds. The molecule has 4 rings (SSSR count). The Balaban J connectivity index is 0.000000395. The summed E-state index contributed by atoms with van der Waals surface area (Å²) in [5, 5.41) is 7.88. The first-order chi connectivity index (χ1) is 18.7. The molecule has 0 fully saturated rings. The summed E-state index contributed by atoms with van der Waals surface area (Å²) >= 11 is 23.1. The lowest BCUT2D eigenvalue weighted by molar-refractivity contribution is -0.122. The smallest absolute Gasteiger partial charge is 0.260 e. The number of halogens is 4. The first-order valence-corrected chi connectivity index (χ1v) is 13.4. The number of nitrogens with one attached hydrogen (secondary N) is 1. The largest absolute Gasteiger partial charge is 0.356 e. The first-order valence-electron chi connectivity index (χ1n) is 11.8. The lowest BCUT2D eigenvalue weighted by Gasteiger charge is -2.24. The van der Waals surface area contributed by atoms with Gasteiger partial charge in [0.25, 0.3) is 5.91 Å². The number of alkyl halides is 2. The van der Waals surface area contributed by atoms with Crippen molar-refractivity contribution in [1.29, 1.82) is 0 Å². The molecule has 3 aromatic carbocycles. The standard InChI is InChI=1S/C21H20Cl2N4O3.C7H6Cl2/c22-19(23)21(29)27(16-8-4-7-15(13-16)17-9-10-26-30-17)12-11-25-20(28)18(24)14-5-2-1-3-6-14;1-5-6(8)3-2-4-7(5)9/h1-10,13,18-19H,11-12,24H2,(H,25,28);2-4H,1H3/t18-;/m1./s1. The SMILES string of the molecule is Cc1c(Cl)cccc1Cl.N[C@@H](C(=O)NCCN(C(=O)C(Cl)Cl)c1cccc(-c2ccno2)c1)c1ccccc1. The molecule has 0 bridgehead atoms. The Kier molecular flexibility index (Phi) is 11.7. The summed E-state index contributed by atoms with van der Waals surface area (Å²) in [7, 11) is 0. The highest BCUT2D eigenvalue weighted by molar-refractivity contribution is 6.54. The van der Waals surface area contributed by atoms with Crippen molar-refractivity contribution in [3.63, 3.8) is 0 Å². The fourth-order valence-corrected chi connectivity index (χ4v) is 4.10. The van der Waals surface area contributed by atoms with Gasteiger partial charge in [-0.3, -0.25) is 9.59 Å². The van der Waals surface area contributed by atoms with Gasteiger partial charge < -0.3 is 20.5 Å². The maximum Gasteiger partial charge on any atom is 0.260 e. The van der Waals surface area contributed by atoms with Gasteiger partial charge >= 0.3 is 0 Å². The predicted octanol–water partition coefficient (Wildman–Crippen LogP) is 6.60. The van der Waals surface area contributed by atoms with Crippen LogP contribution in [0.2, 0.25) is 10.0 Å². The molecule has 0 radical (unpaired) electrons. The maximum atomic E-state index is 12.6. The Labute approximate surface area is 246 Å². The molecule has 11 heteroatoms. The number of benzene rings is 3. The van der Waals surface area contributed by atoms with Crippen LogP contribution in [0.15, 0.2) is 89.6 Å². The Morgan fingerprint density at radius 1 is 0.974 bits per heavy atom. The normalized spacial score (nSPS) is 11.4. The van der Waals surface area contributed by atoms with E-state index < -0.39 is 16.8 Å². The third kappa shape index (κ3) is 8.71. The van der Waals surface area contributed by atoms with Crippen molar-refractivity contribution in [2.75, 3.05) is 18.0 Å². The van der Waals surface area contributed by atoms with Gasteiger partial charge in [0.05, 0.1) is 6.20 Å². The minimum absolute atomic E-state index is 0.155. The minimum atomic E-state index is -1.25. The van der Waals surface area contributed by atoms with Gasteiger partial charge in [0, 0.05) is 40.5 Å². The quantitative estimate of drug-likeness (QED) is 0.220. The zero-order valence-electron chi connectivity index (χ0n) is 20.9. The van der Waals surface area contributed by atoms with Crippen LogP contribution in [0.5, 0.6) is 0 Å². The third-order valence-electron chi connectivity index (χ3n) is 5.61. The molecule has 0 aliphatic rings. The second kappa shape index (κ2) is 14.9. The minimum Gasteiger partial charge on any atom is -0.356 e. The maximum absolute atomic E-state index is 12.6. The fraction of sp³-hybridized carbons (Fsp3) is 0.179. The summed E-state index contributed by atoms with van der Waals surface area (Å²) < 4.78 is 5.17. The van der Waals surface area contributed by atoms with Crippen LogP contribution in [-0.2, 0) is 9.59 Å². The van der Waals surface area contributed by atoms with Gasteiger partial charge in [-0.25, -0.2) is 0 Å². The number of amides is 2. The van der Waals surface area contributed by atoms with Crippen molar-refractivity contribution in [1.82, 2.24) is 10.5 Å². The van der Waals surface area contributed by atoms with E-state index in [-0.39, 0.29) is 19.0 Å². The van der Waals surface area contributed by atoms with Crippen molar-refractivity contribution < 1.29 is 14.1 Å². The van der Waals surface area contributed by atoms with E-state index in [1.54, 1.807) is 36.4 Å². The van der Waals surface area contributed by atoms with Crippen LogP contribution < -0.4 is 16.0 Å². The molecule has 39 heavy (non-hydrogen) atoms. The number of aromatic nitrogens is 1. The molecule has 0 aliphatic carbocycles. The molecule has 7 nitrogen and oxygen atoms in total.